The number of ether oxygens (including phenoxy) is 1. The lowest BCUT2D eigenvalue weighted by Crippen LogP contribution is -2.26. The van der Waals surface area contributed by atoms with Crippen LogP contribution in [0.3, 0.4) is 0 Å². The van der Waals surface area contributed by atoms with Crippen molar-refractivity contribution < 1.29 is 14.3 Å². The number of rotatable bonds is 3. The summed E-state index contributed by atoms with van der Waals surface area (Å²) in [6, 6.07) is 8.50. The maximum atomic E-state index is 10.8. The van der Waals surface area contributed by atoms with Gasteiger partial charge >= 0.3 is 12.0 Å². The third-order valence-corrected chi connectivity index (χ3v) is 1.74. The number of hydrogen-bond acceptors (Lipinski definition) is 4. The number of hydrogen-bond donors (Lipinski definition) is 2. The number of carbonyl (C=O) groups excluding carboxylic acids is 2. The number of primary amides is 1. The summed E-state index contributed by atoms with van der Waals surface area (Å²) in [7, 11) is 0. The molecular formula is C12H13N3O3. The highest BCUT2D eigenvalue weighted by Gasteiger charge is 2.00. The average molecular weight is 247 g/mol. The van der Waals surface area contributed by atoms with Gasteiger partial charge < -0.3 is 10.5 Å². The van der Waals surface area contributed by atoms with Crippen LogP contribution in [0.2, 0.25) is 0 Å². The molecule has 94 valence electrons. The van der Waals surface area contributed by atoms with Gasteiger partial charge in [0.05, 0.1) is 0 Å². The molecule has 1 rings (SSSR count). The smallest absolute Gasteiger partial charge is 0.332 e. The van der Waals surface area contributed by atoms with Crippen molar-refractivity contribution in [3.05, 3.63) is 42.0 Å². The van der Waals surface area contributed by atoms with Crippen LogP contribution in [0.25, 0.3) is 6.08 Å². The van der Waals surface area contributed by atoms with Gasteiger partial charge in [-0.25, -0.2) is 10.2 Å². The van der Waals surface area contributed by atoms with Crippen LogP contribution in [0.5, 0.6) is 0 Å². The Morgan fingerprint density at radius 1 is 1.33 bits per heavy atom. The molecule has 0 heterocycles. The van der Waals surface area contributed by atoms with Crippen molar-refractivity contribution in [2.45, 2.75) is 6.92 Å². The molecule has 2 amide bonds. The maximum absolute atomic E-state index is 10.8. The number of esters is 1. The zero-order valence-corrected chi connectivity index (χ0v) is 9.79. The second-order valence-electron chi connectivity index (χ2n) is 3.26. The Bertz CT molecular complexity index is 481. The summed E-state index contributed by atoms with van der Waals surface area (Å²) in [6.07, 6.45) is 3.14. The molecule has 0 spiro atoms. The Hall–Kier alpha value is -2.63. The van der Waals surface area contributed by atoms with Gasteiger partial charge in [-0.3, -0.25) is 4.79 Å². The van der Waals surface area contributed by atoms with Crippen molar-refractivity contribution in [3.63, 3.8) is 0 Å². The molecule has 0 saturated carbocycles. The first-order chi connectivity index (χ1) is 8.58. The number of nitrogens with zero attached hydrogens (tertiary/aromatic N) is 1. The first-order valence-electron chi connectivity index (χ1n) is 5.12. The third-order valence-electron chi connectivity index (χ3n) is 1.74. The molecule has 0 fully saturated rings. The van der Waals surface area contributed by atoms with Gasteiger partial charge in [0.2, 0.25) is 5.90 Å². The van der Waals surface area contributed by atoms with Gasteiger partial charge in [-0.1, -0.05) is 30.3 Å². The largest absolute Gasteiger partial charge is 0.406 e. The monoisotopic (exact) mass is 247 g/mol. The molecule has 0 atom stereocenters. The molecule has 1 aromatic carbocycles. The number of hydrazone groups is 1. The standard InChI is InChI=1S/C12H13N3O3/c1-9(16)18-11(14-15-12(13)17)8-7-10-5-3-2-4-6-10/h2-8H,1H3,(H3,13,15,17)/b8-7+,14-11?. The fraction of sp³-hybridized carbons (Fsp3) is 0.0833. The van der Waals surface area contributed by atoms with Gasteiger partial charge in [0.1, 0.15) is 0 Å². The summed E-state index contributed by atoms with van der Waals surface area (Å²) in [5, 5.41) is 3.54. The van der Waals surface area contributed by atoms with Crippen molar-refractivity contribution in [1.82, 2.24) is 5.43 Å². The lowest BCUT2D eigenvalue weighted by Gasteiger charge is -2.00. The molecule has 6 nitrogen and oxygen atoms in total. The van der Waals surface area contributed by atoms with E-state index < -0.39 is 12.0 Å². The number of carbonyl (C=O) groups is 2. The molecule has 6 heteroatoms. The minimum atomic E-state index is -0.840. The topological polar surface area (TPSA) is 93.8 Å². The van der Waals surface area contributed by atoms with E-state index in [0.717, 1.165) is 5.56 Å². The lowest BCUT2D eigenvalue weighted by atomic mass is 10.2. The van der Waals surface area contributed by atoms with Crippen LogP contribution in [0.1, 0.15) is 12.5 Å². The molecule has 0 unspecified atom stereocenters. The fourth-order valence-corrected chi connectivity index (χ4v) is 1.08. The maximum Gasteiger partial charge on any atom is 0.332 e. The lowest BCUT2D eigenvalue weighted by molar-refractivity contribution is -0.132. The Morgan fingerprint density at radius 3 is 2.56 bits per heavy atom. The van der Waals surface area contributed by atoms with E-state index in [2.05, 4.69) is 5.10 Å². The highest BCUT2D eigenvalue weighted by molar-refractivity contribution is 5.98. The van der Waals surface area contributed by atoms with Crippen LogP contribution in [-0.2, 0) is 9.53 Å². The SMILES string of the molecule is CC(=O)OC(/C=C/c1ccccc1)=NNC(N)=O. The highest BCUT2D eigenvalue weighted by atomic mass is 16.5. The molecule has 0 aliphatic heterocycles. The van der Waals surface area contributed by atoms with E-state index in [1.165, 1.54) is 13.0 Å². The molecule has 3 N–H and O–H groups in total. The highest BCUT2D eigenvalue weighted by Crippen LogP contribution is 2.01. The van der Waals surface area contributed by atoms with Crippen LogP contribution in [0, 0.1) is 0 Å². The van der Waals surface area contributed by atoms with E-state index in [0.29, 0.717) is 0 Å². The van der Waals surface area contributed by atoms with E-state index in [-0.39, 0.29) is 5.90 Å². The fourth-order valence-electron chi connectivity index (χ4n) is 1.08. The number of benzene rings is 1. The number of urea groups is 1. The molecule has 1 aromatic rings. The summed E-state index contributed by atoms with van der Waals surface area (Å²) >= 11 is 0. The molecule has 0 radical (unpaired) electrons. The Morgan fingerprint density at radius 2 is 2.00 bits per heavy atom. The first kappa shape index (κ1) is 13.4. The van der Waals surface area contributed by atoms with Crippen molar-refractivity contribution in [2.24, 2.45) is 10.8 Å². The minimum Gasteiger partial charge on any atom is -0.406 e. The Balaban J connectivity index is 2.78. The molecule has 0 aromatic heterocycles. The Labute approximate surface area is 104 Å². The summed E-state index contributed by atoms with van der Waals surface area (Å²) in [4.78, 5) is 21.3. The summed E-state index contributed by atoms with van der Waals surface area (Å²) in [5.74, 6) is -0.595. The van der Waals surface area contributed by atoms with Gasteiger partial charge in [-0.15, -0.1) is 5.10 Å². The van der Waals surface area contributed by atoms with Crippen LogP contribution in [0.15, 0.2) is 41.5 Å². The van der Waals surface area contributed by atoms with Gasteiger partial charge in [0.15, 0.2) is 0 Å². The quantitative estimate of drug-likeness (QED) is 0.364. The van der Waals surface area contributed by atoms with E-state index in [9.17, 15) is 9.59 Å². The van der Waals surface area contributed by atoms with Crippen molar-refractivity contribution in [3.8, 4) is 0 Å². The van der Waals surface area contributed by atoms with Crippen LogP contribution in [-0.4, -0.2) is 17.9 Å². The molecule has 0 aliphatic carbocycles. The predicted molar refractivity (Wildman–Crippen MR) is 67.4 cm³/mol. The first-order valence-corrected chi connectivity index (χ1v) is 5.12. The van der Waals surface area contributed by atoms with Gasteiger partial charge in [0.25, 0.3) is 0 Å². The average Bonchev–Trinajstić information content (AvgIpc) is 2.33. The number of nitrogens with two attached hydrogens (primary N) is 1. The van der Waals surface area contributed by atoms with E-state index in [1.54, 1.807) is 6.08 Å². The van der Waals surface area contributed by atoms with Crippen molar-refractivity contribution in [2.75, 3.05) is 0 Å². The zero-order valence-electron chi connectivity index (χ0n) is 9.79. The zero-order chi connectivity index (χ0) is 13.4. The van der Waals surface area contributed by atoms with Crippen LogP contribution in [0.4, 0.5) is 4.79 Å². The van der Waals surface area contributed by atoms with E-state index >= 15 is 0 Å². The van der Waals surface area contributed by atoms with Crippen molar-refractivity contribution in [1.29, 1.82) is 0 Å². The second-order valence-corrected chi connectivity index (χ2v) is 3.26. The van der Waals surface area contributed by atoms with Crippen LogP contribution < -0.4 is 11.2 Å². The van der Waals surface area contributed by atoms with Gasteiger partial charge in [0, 0.05) is 13.0 Å². The molecule has 0 saturated heterocycles. The number of nitrogens with one attached hydrogen (secondary N) is 1. The summed E-state index contributed by atoms with van der Waals surface area (Å²) in [5.41, 5.74) is 7.74. The molecule has 0 bridgehead atoms. The molecule has 18 heavy (non-hydrogen) atoms. The summed E-state index contributed by atoms with van der Waals surface area (Å²) < 4.78 is 4.78. The van der Waals surface area contributed by atoms with Crippen molar-refractivity contribution >= 4 is 24.0 Å². The molecule has 0 aliphatic rings. The predicted octanol–water partition coefficient (Wildman–Crippen LogP) is 1.24. The second kappa shape index (κ2) is 6.85. The van der Waals surface area contributed by atoms with Gasteiger partial charge in [-0.05, 0) is 11.6 Å². The van der Waals surface area contributed by atoms with E-state index in [4.69, 9.17) is 10.5 Å². The molecular weight excluding hydrogens is 234 g/mol. The minimum absolute atomic E-state index is 0.0508. The van der Waals surface area contributed by atoms with E-state index in [1.807, 2.05) is 35.8 Å². The summed E-state index contributed by atoms with van der Waals surface area (Å²) in [6.45, 7) is 1.23. The normalized spacial score (nSPS) is 11.3. The number of amides is 2. The Kier molecular flexibility index (Phi) is 5.11. The van der Waals surface area contributed by atoms with Gasteiger partial charge in [-0.2, -0.15) is 0 Å². The van der Waals surface area contributed by atoms with Crippen LogP contribution >= 0.6 is 0 Å². The third kappa shape index (κ3) is 5.45.